The van der Waals surface area contributed by atoms with E-state index < -0.39 is 11.9 Å². The smallest absolute Gasteiger partial charge is 0.308 e. The van der Waals surface area contributed by atoms with E-state index in [4.69, 9.17) is 0 Å². The van der Waals surface area contributed by atoms with Crippen LogP contribution in [0.2, 0.25) is 0 Å². The number of carboxylic acids is 1. The summed E-state index contributed by atoms with van der Waals surface area (Å²) in [5.74, 6) is -1.59. The summed E-state index contributed by atoms with van der Waals surface area (Å²) in [6, 6.07) is 11.5. The average molecular weight is 355 g/mol. The summed E-state index contributed by atoms with van der Waals surface area (Å²) in [6.07, 6.45) is 0.315. The van der Waals surface area contributed by atoms with E-state index in [1.807, 2.05) is 61.9 Å². The highest BCUT2D eigenvalue weighted by atomic mass is 16.4. The minimum Gasteiger partial charge on any atom is -0.481 e. The summed E-state index contributed by atoms with van der Waals surface area (Å²) in [7, 11) is 0. The van der Waals surface area contributed by atoms with Crippen molar-refractivity contribution in [2.45, 2.75) is 39.2 Å². The second-order valence-electron chi connectivity index (χ2n) is 7.19. The lowest BCUT2D eigenvalue weighted by Gasteiger charge is -2.20. The maximum Gasteiger partial charge on any atom is 0.308 e. The third-order valence-corrected chi connectivity index (χ3v) is 5.15. The molecule has 26 heavy (non-hydrogen) atoms. The number of likely N-dealkylation sites (tertiary alicyclic amines) is 1. The standard InChI is InChI=1S/C20H25N3O3/c1-13-9-14(2)23(21-13)15(3)10-19(24)22-11-17(18(12-22)20(25)26)16-7-5-4-6-8-16/h4-9,15,17-18H,10-12H2,1-3H3,(H,25,26)/t15?,17-,18-/m0/s1. The normalized spacial score (nSPS) is 21.0. The van der Waals surface area contributed by atoms with Crippen molar-refractivity contribution in [3.63, 3.8) is 0 Å². The SMILES string of the molecule is Cc1cc(C)n(C(C)CC(=O)N2C[C@H](C(=O)O)[C@H](c3ccccc3)C2)n1. The quantitative estimate of drug-likeness (QED) is 0.895. The fourth-order valence-corrected chi connectivity index (χ4v) is 3.86. The van der Waals surface area contributed by atoms with Crippen LogP contribution in [0.4, 0.5) is 0 Å². The van der Waals surface area contributed by atoms with Gasteiger partial charge in [-0.2, -0.15) is 5.10 Å². The van der Waals surface area contributed by atoms with Crippen LogP contribution < -0.4 is 0 Å². The first kappa shape index (κ1) is 18.2. The molecular formula is C20H25N3O3. The molecule has 1 N–H and O–H groups in total. The Bertz CT molecular complexity index is 800. The molecule has 1 amide bonds. The number of hydrogen-bond acceptors (Lipinski definition) is 3. The minimum atomic E-state index is -0.847. The van der Waals surface area contributed by atoms with Crippen LogP contribution in [-0.2, 0) is 9.59 Å². The monoisotopic (exact) mass is 355 g/mol. The molecule has 1 aromatic carbocycles. The molecular weight excluding hydrogens is 330 g/mol. The molecule has 3 atom stereocenters. The largest absolute Gasteiger partial charge is 0.481 e. The molecule has 1 unspecified atom stereocenters. The lowest BCUT2D eigenvalue weighted by atomic mass is 9.89. The number of amides is 1. The van der Waals surface area contributed by atoms with Crippen molar-refractivity contribution in [1.29, 1.82) is 0 Å². The van der Waals surface area contributed by atoms with Gasteiger partial charge >= 0.3 is 5.97 Å². The van der Waals surface area contributed by atoms with Gasteiger partial charge in [-0.25, -0.2) is 0 Å². The van der Waals surface area contributed by atoms with Crippen molar-refractivity contribution in [1.82, 2.24) is 14.7 Å². The molecule has 0 spiro atoms. The maximum absolute atomic E-state index is 12.8. The molecule has 1 saturated heterocycles. The molecule has 1 aliphatic rings. The number of aromatic nitrogens is 2. The zero-order valence-corrected chi connectivity index (χ0v) is 15.4. The van der Waals surface area contributed by atoms with Crippen LogP contribution in [0, 0.1) is 19.8 Å². The third kappa shape index (κ3) is 3.64. The van der Waals surface area contributed by atoms with Crippen LogP contribution in [0.3, 0.4) is 0 Å². The predicted molar refractivity (Wildman–Crippen MR) is 97.9 cm³/mol. The van der Waals surface area contributed by atoms with Crippen molar-refractivity contribution in [3.05, 3.63) is 53.3 Å². The number of nitrogens with zero attached hydrogens (tertiary/aromatic N) is 3. The Balaban J connectivity index is 1.72. The van der Waals surface area contributed by atoms with E-state index in [2.05, 4.69) is 5.10 Å². The molecule has 6 heteroatoms. The van der Waals surface area contributed by atoms with Gasteiger partial charge in [-0.05, 0) is 32.4 Å². The molecule has 3 rings (SSSR count). The van der Waals surface area contributed by atoms with Gasteiger partial charge in [0.1, 0.15) is 0 Å². The van der Waals surface area contributed by atoms with Crippen molar-refractivity contribution in [2.24, 2.45) is 5.92 Å². The van der Waals surface area contributed by atoms with E-state index in [9.17, 15) is 14.7 Å². The fourth-order valence-electron chi connectivity index (χ4n) is 3.86. The Morgan fingerprint density at radius 2 is 1.92 bits per heavy atom. The summed E-state index contributed by atoms with van der Waals surface area (Å²) >= 11 is 0. The zero-order chi connectivity index (χ0) is 18.8. The van der Waals surface area contributed by atoms with E-state index in [1.54, 1.807) is 4.90 Å². The van der Waals surface area contributed by atoms with Crippen molar-refractivity contribution in [2.75, 3.05) is 13.1 Å². The second kappa shape index (κ2) is 7.32. The fraction of sp³-hybridized carbons (Fsp3) is 0.450. The van der Waals surface area contributed by atoms with Crippen LogP contribution in [0.15, 0.2) is 36.4 Å². The summed E-state index contributed by atoms with van der Waals surface area (Å²) in [6.45, 7) is 6.58. The molecule has 6 nitrogen and oxygen atoms in total. The van der Waals surface area contributed by atoms with E-state index in [0.29, 0.717) is 13.0 Å². The molecule has 138 valence electrons. The topological polar surface area (TPSA) is 75.4 Å². The van der Waals surface area contributed by atoms with Crippen LogP contribution in [0.5, 0.6) is 0 Å². The molecule has 1 fully saturated rings. The number of aryl methyl sites for hydroxylation is 2. The molecule has 0 aliphatic carbocycles. The van der Waals surface area contributed by atoms with Crippen LogP contribution >= 0.6 is 0 Å². The Kier molecular flexibility index (Phi) is 5.11. The Hall–Kier alpha value is -2.63. The van der Waals surface area contributed by atoms with Gasteiger partial charge in [0.15, 0.2) is 0 Å². The summed E-state index contributed by atoms with van der Waals surface area (Å²) in [5.41, 5.74) is 2.93. The van der Waals surface area contributed by atoms with Gasteiger partial charge in [0.2, 0.25) is 5.91 Å². The number of carbonyl (C=O) groups is 2. The van der Waals surface area contributed by atoms with E-state index >= 15 is 0 Å². The van der Waals surface area contributed by atoms with Crippen LogP contribution in [0.1, 0.15) is 42.3 Å². The van der Waals surface area contributed by atoms with Crippen molar-refractivity contribution in [3.8, 4) is 0 Å². The average Bonchev–Trinajstić information content (AvgIpc) is 3.19. The zero-order valence-electron chi connectivity index (χ0n) is 15.4. The highest BCUT2D eigenvalue weighted by Crippen LogP contribution is 2.33. The lowest BCUT2D eigenvalue weighted by molar-refractivity contribution is -0.141. The van der Waals surface area contributed by atoms with Gasteiger partial charge in [0, 0.05) is 31.1 Å². The van der Waals surface area contributed by atoms with Crippen molar-refractivity contribution < 1.29 is 14.7 Å². The molecule has 2 aromatic rings. The number of carbonyl (C=O) groups excluding carboxylic acids is 1. The molecule has 0 saturated carbocycles. The minimum absolute atomic E-state index is 0.0188. The summed E-state index contributed by atoms with van der Waals surface area (Å²) in [4.78, 5) is 26.2. The van der Waals surface area contributed by atoms with Gasteiger partial charge in [0.25, 0.3) is 0 Å². The number of carboxylic acid groups (broad SMARTS) is 1. The van der Waals surface area contributed by atoms with Crippen LogP contribution in [-0.4, -0.2) is 44.8 Å². The molecule has 1 aromatic heterocycles. The number of aliphatic carboxylic acids is 1. The molecule has 2 heterocycles. The van der Waals surface area contributed by atoms with Gasteiger partial charge in [-0.15, -0.1) is 0 Å². The lowest BCUT2D eigenvalue weighted by Crippen LogP contribution is -2.31. The van der Waals surface area contributed by atoms with E-state index in [0.717, 1.165) is 17.0 Å². The summed E-state index contributed by atoms with van der Waals surface area (Å²) in [5, 5.41) is 14.0. The number of benzene rings is 1. The molecule has 1 aliphatic heterocycles. The molecule has 0 radical (unpaired) electrons. The first-order valence-electron chi connectivity index (χ1n) is 8.95. The molecule has 0 bridgehead atoms. The van der Waals surface area contributed by atoms with Gasteiger partial charge in [-0.1, -0.05) is 30.3 Å². The first-order chi connectivity index (χ1) is 12.4. The third-order valence-electron chi connectivity index (χ3n) is 5.15. The highest BCUT2D eigenvalue weighted by Gasteiger charge is 2.40. The number of rotatable bonds is 5. The van der Waals surface area contributed by atoms with Gasteiger partial charge in [-0.3, -0.25) is 14.3 Å². The number of hydrogen-bond donors (Lipinski definition) is 1. The Morgan fingerprint density at radius 3 is 2.50 bits per heavy atom. The van der Waals surface area contributed by atoms with E-state index in [-0.39, 0.29) is 24.4 Å². The van der Waals surface area contributed by atoms with E-state index in [1.165, 1.54) is 0 Å². The maximum atomic E-state index is 12.8. The summed E-state index contributed by atoms with van der Waals surface area (Å²) < 4.78 is 1.87. The van der Waals surface area contributed by atoms with Crippen molar-refractivity contribution >= 4 is 11.9 Å². The highest BCUT2D eigenvalue weighted by molar-refractivity contribution is 5.80. The predicted octanol–water partition coefficient (Wildman–Crippen LogP) is 2.78. The Morgan fingerprint density at radius 1 is 1.23 bits per heavy atom. The second-order valence-corrected chi connectivity index (χ2v) is 7.19. The first-order valence-corrected chi connectivity index (χ1v) is 8.95. The van der Waals surface area contributed by atoms with Gasteiger partial charge in [0.05, 0.1) is 17.7 Å². The van der Waals surface area contributed by atoms with Gasteiger partial charge < -0.3 is 10.0 Å². The van der Waals surface area contributed by atoms with Crippen LogP contribution in [0.25, 0.3) is 0 Å². The Labute approximate surface area is 153 Å².